The fraction of sp³-hybridized carbons (Fsp3) is 0.323. The van der Waals surface area contributed by atoms with Crippen LogP contribution in [0.5, 0.6) is 5.75 Å². The van der Waals surface area contributed by atoms with Gasteiger partial charge >= 0.3 is 18.0 Å². The molecule has 2 aromatic carbocycles. The summed E-state index contributed by atoms with van der Waals surface area (Å²) in [6.45, 7) is 3.75. The minimum Gasteiger partial charge on any atom is -0.479 e. The van der Waals surface area contributed by atoms with Gasteiger partial charge in [0.2, 0.25) is 0 Å². The number of carboxylic acid groups (broad SMARTS) is 1. The van der Waals surface area contributed by atoms with Gasteiger partial charge in [0.05, 0.1) is 18.7 Å². The number of methoxy groups -OCH3 is 1. The number of aromatic nitrogens is 1. The Hall–Kier alpha value is -4.53. The number of amidine groups is 1. The number of rotatable bonds is 9. The van der Waals surface area contributed by atoms with Gasteiger partial charge in [-0.3, -0.25) is 14.8 Å². The Morgan fingerprint density at radius 2 is 1.98 bits per heavy atom. The van der Waals surface area contributed by atoms with Crippen LogP contribution in [0.25, 0.3) is 0 Å². The molecule has 3 aliphatic rings. The second-order valence-corrected chi connectivity index (χ2v) is 12.3. The summed E-state index contributed by atoms with van der Waals surface area (Å²) >= 11 is 7.85. The number of hydrogen-bond donors (Lipinski definition) is 2. The van der Waals surface area contributed by atoms with Gasteiger partial charge in [-0.25, -0.2) is 23.8 Å². The fourth-order valence-electron chi connectivity index (χ4n) is 5.78. The maximum atomic E-state index is 14.0. The molecule has 3 aromatic rings. The number of piperazine rings is 1. The van der Waals surface area contributed by atoms with E-state index in [1.54, 1.807) is 35.4 Å². The summed E-state index contributed by atoms with van der Waals surface area (Å²) in [4.78, 5) is 52.6. The molecule has 2 N–H and O–H groups in total. The number of benzene rings is 2. The Bertz CT molecular complexity index is 1720. The van der Waals surface area contributed by atoms with Crippen LogP contribution in [0.2, 0.25) is 5.02 Å². The monoisotopic (exact) mass is 668 g/mol. The van der Waals surface area contributed by atoms with Crippen LogP contribution in [0.15, 0.2) is 70.3 Å². The summed E-state index contributed by atoms with van der Waals surface area (Å²) in [6.07, 6.45) is 0.655. The van der Waals surface area contributed by atoms with Crippen molar-refractivity contribution in [3.63, 3.8) is 0 Å². The molecule has 0 radical (unpaired) electrons. The molecule has 12 nitrogen and oxygen atoms in total. The summed E-state index contributed by atoms with van der Waals surface area (Å²) in [7, 11) is 1.29. The molecular weight excluding hydrogens is 639 g/mol. The predicted molar refractivity (Wildman–Crippen MR) is 169 cm³/mol. The third kappa shape index (κ3) is 6.28. The van der Waals surface area contributed by atoms with Crippen LogP contribution in [0.4, 0.5) is 14.9 Å². The first-order valence-corrected chi connectivity index (χ1v) is 15.7. The number of halogens is 2. The van der Waals surface area contributed by atoms with E-state index < -0.39 is 29.9 Å². The highest BCUT2D eigenvalue weighted by molar-refractivity contribution is 7.11. The number of fused-ring (bicyclic) bond motifs is 1. The van der Waals surface area contributed by atoms with Crippen molar-refractivity contribution >= 4 is 52.4 Å². The SMILES string of the molecule is COC(=O)C1=C(CN2CCN3C(=O)N(c4ccc(OC(C)C(=O)O)cc4)C[C@@H]3C2)NC(c2nccs2)=N[C@H]1c1ccc(F)cc1Cl. The van der Waals surface area contributed by atoms with Crippen molar-refractivity contribution in [1.82, 2.24) is 20.1 Å². The molecule has 2 amide bonds. The lowest BCUT2D eigenvalue weighted by molar-refractivity contribution is -0.144. The summed E-state index contributed by atoms with van der Waals surface area (Å²) in [5, 5.41) is 15.0. The molecule has 240 valence electrons. The fourth-order valence-corrected chi connectivity index (χ4v) is 6.64. The molecule has 3 aliphatic heterocycles. The van der Waals surface area contributed by atoms with Gasteiger partial charge in [0.1, 0.15) is 17.6 Å². The average Bonchev–Trinajstić information content (AvgIpc) is 3.69. The molecule has 3 atom stereocenters. The van der Waals surface area contributed by atoms with Crippen LogP contribution >= 0.6 is 22.9 Å². The van der Waals surface area contributed by atoms with E-state index in [0.29, 0.717) is 66.3 Å². The first kappa shape index (κ1) is 31.5. The molecule has 4 heterocycles. The zero-order valence-corrected chi connectivity index (χ0v) is 26.4. The van der Waals surface area contributed by atoms with Gasteiger partial charge in [0, 0.05) is 66.3 Å². The predicted octanol–water partition coefficient (Wildman–Crippen LogP) is 3.93. The number of carbonyl (C=O) groups is 3. The molecular formula is C31H30ClFN6O6S. The van der Waals surface area contributed by atoms with Crippen molar-refractivity contribution < 1.29 is 33.4 Å². The first-order chi connectivity index (χ1) is 22.1. The van der Waals surface area contributed by atoms with E-state index in [0.717, 1.165) is 0 Å². The standard InChI is InChI=1S/C31H30ClFN6O6S/c1-17(29(40)41)45-21-6-4-19(5-7-21)39-15-20-14-37(10-11-38(20)31(39)43)16-24-25(30(42)44-2)26(22-8-3-18(33)13-23(22)32)36-27(35-24)28-34-9-12-46-28/h3-9,12-13,17,20,26H,10-11,14-16H2,1-2H3,(H,35,36)(H,40,41)/t17?,20-,26-/m0/s1. The number of urea groups is 1. The number of amides is 2. The lowest BCUT2D eigenvalue weighted by Crippen LogP contribution is -2.53. The van der Waals surface area contributed by atoms with E-state index in [-0.39, 0.29) is 22.7 Å². The quantitative estimate of drug-likeness (QED) is 0.325. The Morgan fingerprint density at radius 1 is 1.20 bits per heavy atom. The molecule has 1 aromatic heterocycles. The molecule has 6 rings (SSSR count). The average molecular weight is 669 g/mol. The molecule has 15 heteroatoms. The third-order valence-electron chi connectivity index (χ3n) is 8.05. The number of esters is 1. The Balaban J connectivity index is 1.24. The van der Waals surface area contributed by atoms with E-state index in [1.165, 1.54) is 43.6 Å². The van der Waals surface area contributed by atoms with Crippen molar-refractivity contribution in [3.05, 3.63) is 86.7 Å². The smallest absolute Gasteiger partial charge is 0.344 e. The van der Waals surface area contributed by atoms with E-state index in [2.05, 4.69) is 15.2 Å². The van der Waals surface area contributed by atoms with Gasteiger partial charge in [-0.1, -0.05) is 17.7 Å². The second-order valence-electron chi connectivity index (χ2n) is 11.0. The molecule has 1 unspecified atom stereocenters. The van der Waals surface area contributed by atoms with Crippen molar-refractivity contribution in [1.29, 1.82) is 0 Å². The van der Waals surface area contributed by atoms with E-state index in [9.17, 15) is 18.8 Å². The number of carbonyl (C=O) groups excluding carboxylic acids is 2. The summed E-state index contributed by atoms with van der Waals surface area (Å²) < 4.78 is 24.6. The summed E-state index contributed by atoms with van der Waals surface area (Å²) in [5.41, 5.74) is 1.93. The van der Waals surface area contributed by atoms with Crippen LogP contribution < -0.4 is 15.0 Å². The number of ether oxygens (including phenoxy) is 2. The second kappa shape index (κ2) is 13.1. The van der Waals surface area contributed by atoms with Crippen molar-refractivity contribution in [2.24, 2.45) is 4.99 Å². The highest BCUT2D eigenvalue weighted by Gasteiger charge is 2.42. The molecule has 0 spiro atoms. The number of thiazole rings is 1. The lowest BCUT2D eigenvalue weighted by Gasteiger charge is -2.38. The molecule has 46 heavy (non-hydrogen) atoms. The van der Waals surface area contributed by atoms with Gasteiger partial charge in [0.25, 0.3) is 0 Å². The van der Waals surface area contributed by atoms with Crippen LogP contribution in [-0.2, 0) is 14.3 Å². The van der Waals surface area contributed by atoms with Crippen molar-refractivity contribution in [2.45, 2.75) is 25.1 Å². The normalized spacial score (nSPS) is 20.6. The summed E-state index contributed by atoms with van der Waals surface area (Å²) in [5.74, 6) is -1.33. The number of nitrogens with one attached hydrogen (secondary N) is 1. The van der Waals surface area contributed by atoms with E-state index in [4.69, 9.17) is 31.2 Å². The van der Waals surface area contributed by atoms with E-state index >= 15 is 0 Å². The van der Waals surface area contributed by atoms with Gasteiger partial charge in [-0.15, -0.1) is 11.3 Å². The number of hydrogen-bond acceptors (Lipinski definition) is 10. The number of aliphatic imine (C=N–C) groups is 1. The zero-order chi connectivity index (χ0) is 32.5. The molecule has 0 saturated carbocycles. The minimum absolute atomic E-state index is 0.119. The highest BCUT2D eigenvalue weighted by atomic mass is 35.5. The van der Waals surface area contributed by atoms with Crippen LogP contribution in [0.1, 0.15) is 23.5 Å². The van der Waals surface area contributed by atoms with Crippen LogP contribution in [-0.4, -0.2) is 95.7 Å². The van der Waals surface area contributed by atoms with Gasteiger partial charge < -0.3 is 24.8 Å². The maximum Gasteiger partial charge on any atom is 0.344 e. The number of nitrogens with zero attached hydrogens (tertiary/aromatic N) is 5. The third-order valence-corrected chi connectivity index (χ3v) is 9.16. The van der Waals surface area contributed by atoms with Crippen LogP contribution in [0.3, 0.4) is 0 Å². The molecule has 2 saturated heterocycles. The maximum absolute atomic E-state index is 14.0. The lowest BCUT2D eigenvalue weighted by atomic mass is 9.95. The molecule has 0 bridgehead atoms. The Kier molecular flexibility index (Phi) is 8.93. The number of aliphatic carboxylic acids is 1. The van der Waals surface area contributed by atoms with Gasteiger partial charge in [0.15, 0.2) is 16.9 Å². The molecule has 0 aliphatic carbocycles. The summed E-state index contributed by atoms with van der Waals surface area (Å²) in [6, 6.07) is 9.62. The van der Waals surface area contributed by atoms with E-state index in [1.807, 2.05) is 10.3 Å². The van der Waals surface area contributed by atoms with Gasteiger partial charge in [-0.05, 0) is 43.3 Å². The largest absolute Gasteiger partial charge is 0.479 e. The number of carboxylic acids is 1. The highest BCUT2D eigenvalue weighted by Crippen LogP contribution is 2.37. The zero-order valence-electron chi connectivity index (χ0n) is 24.9. The van der Waals surface area contributed by atoms with Crippen LogP contribution in [0, 0.1) is 5.82 Å². The van der Waals surface area contributed by atoms with Crippen molar-refractivity contribution in [2.75, 3.05) is 44.7 Å². The molecule has 2 fully saturated rings. The van der Waals surface area contributed by atoms with Gasteiger partial charge in [-0.2, -0.15) is 0 Å². The topological polar surface area (TPSA) is 137 Å². The van der Waals surface area contributed by atoms with Crippen molar-refractivity contribution in [3.8, 4) is 5.75 Å². The first-order valence-electron chi connectivity index (χ1n) is 14.4. The minimum atomic E-state index is -1.07. The Labute approximate surface area is 272 Å². The Morgan fingerprint density at radius 3 is 2.65 bits per heavy atom. The number of anilines is 1.